The Morgan fingerprint density at radius 3 is 2.44 bits per heavy atom. The molecule has 18 heavy (non-hydrogen) atoms. The lowest BCUT2D eigenvalue weighted by Gasteiger charge is -2.25. The van der Waals surface area contributed by atoms with Gasteiger partial charge in [-0.15, -0.1) is 0 Å². The first-order valence-corrected chi connectivity index (χ1v) is 6.16. The van der Waals surface area contributed by atoms with Crippen molar-refractivity contribution in [3.8, 4) is 0 Å². The van der Waals surface area contributed by atoms with Crippen molar-refractivity contribution in [1.29, 1.82) is 0 Å². The van der Waals surface area contributed by atoms with E-state index < -0.39 is 0 Å². The van der Waals surface area contributed by atoms with Crippen LogP contribution in [0.2, 0.25) is 5.02 Å². The van der Waals surface area contributed by atoms with E-state index >= 15 is 0 Å². The number of amides is 2. The Hall–Kier alpha value is -1.40. The van der Waals surface area contributed by atoms with Gasteiger partial charge >= 0.3 is 0 Å². The lowest BCUT2D eigenvalue weighted by molar-refractivity contribution is -0.147. The van der Waals surface area contributed by atoms with Gasteiger partial charge in [0.2, 0.25) is 11.8 Å². The Morgan fingerprint density at radius 2 is 1.94 bits per heavy atom. The third kappa shape index (κ3) is 2.26. The molecule has 1 fully saturated rings. The summed E-state index contributed by atoms with van der Waals surface area (Å²) in [6.07, 6.45) is 0.718. The molecule has 0 unspecified atom stereocenters. The Bertz CT molecular complexity index is 481. The van der Waals surface area contributed by atoms with Crippen LogP contribution in [0.5, 0.6) is 0 Å². The van der Waals surface area contributed by atoms with Crippen LogP contribution in [-0.2, 0) is 29.6 Å². The topological polar surface area (TPSA) is 67.2 Å². The highest BCUT2D eigenvalue weighted by Gasteiger charge is 2.28. The third-order valence-corrected chi connectivity index (χ3v) is 3.40. The Morgan fingerprint density at radius 1 is 1.33 bits per heavy atom. The van der Waals surface area contributed by atoms with Crippen LogP contribution in [-0.4, -0.2) is 39.6 Å². The highest BCUT2D eigenvalue weighted by atomic mass is 35.5. The van der Waals surface area contributed by atoms with Crippen molar-refractivity contribution in [2.75, 3.05) is 13.1 Å². The second-order valence-electron chi connectivity index (χ2n) is 4.16. The Kier molecular flexibility index (Phi) is 3.68. The molecule has 0 atom stereocenters. The average molecular weight is 271 g/mol. The maximum atomic E-state index is 11.7. The molecule has 1 aromatic rings. The molecule has 98 valence electrons. The van der Waals surface area contributed by atoms with Gasteiger partial charge in [0.25, 0.3) is 0 Å². The molecule has 1 aromatic heterocycles. The molecule has 0 spiro atoms. The van der Waals surface area contributed by atoms with Crippen LogP contribution >= 0.6 is 11.6 Å². The molecule has 2 amide bonds. The van der Waals surface area contributed by atoms with Gasteiger partial charge in [-0.2, -0.15) is 5.10 Å². The molecule has 7 heteroatoms. The van der Waals surface area contributed by atoms with Gasteiger partial charge in [-0.25, -0.2) is 0 Å². The lowest BCUT2D eigenvalue weighted by atomic mass is 10.2. The van der Waals surface area contributed by atoms with E-state index in [0.717, 1.165) is 12.1 Å². The van der Waals surface area contributed by atoms with E-state index in [1.165, 1.54) is 4.90 Å². The van der Waals surface area contributed by atoms with Gasteiger partial charge in [-0.3, -0.25) is 24.5 Å². The molecule has 0 aliphatic carbocycles. The first-order valence-electron chi connectivity index (χ1n) is 5.78. The summed E-state index contributed by atoms with van der Waals surface area (Å²) >= 11 is 6.20. The lowest BCUT2D eigenvalue weighted by Crippen LogP contribution is -2.51. The van der Waals surface area contributed by atoms with Crippen LogP contribution in [0.1, 0.15) is 18.3 Å². The number of hydrogen-bond donors (Lipinski definition) is 1. The Balaban J connectivity index is 2.25. The highest BCUT2D eigenvalue weighted by molar-refractivity contribution is 6.32. The van der Waals surface area contributed by atoms with E-state index in [0.29, 0.717) is 10.7 Å². The van der Waals surface area contributed by atoms with Gasteiger partial charge in [0.15, 0.2) is 0 Å². The average Bonchev–Trinajstić information content (AvgIpc) is 2.60. The molecule has 0 radical (unpaired) electrons. The largest absolute Gasteiger partial charge is 0.300 e. The van der Waals surface area contributed by atoms with Crippen molar-refractivity contribution >= 4 is 23.4 Å². The first-order chi connectivity index (χ1) is 8.54. The summed E-state index contributed by atoms with van der Waals surface area (Å²) < 4.78 is 1.63. The minimum atomic E-state index is -0.235. The summed E-state index contributed by atoms with van der Waals surface area (Å²) in [4.78, 5) is 24.6. The molecular formula is C11H15ClN4O2. The van der Waals surface area contributed by atoms with Crippen LogP contribution in [0, 0.1) is 0 Å². The van der Waals surface area contributed by atoms with Gasteiger partial charge in [-0.1, -0.05) is 18.5 Å². The number of carbonyl (C=O) groups is 2. The molecule has 2 rings (SSSR count). The standard InChI is InChI=1S/C11H15ClN4O2/c1-3-7-11(12)8(15(2)14-7)6-16-9(17)4-13-5-10(16)18/h13H,3-6H2,1-2H3. The molecule has 0 saturated carbocycles. The van der Waals surface area contributed by atoms with E-state index in [-0.39, 0.29) is 31.4 Å². The van der Waals surface area contributed by atoms with Crippen LogP contribution in [0.4, 0.5) is 0 Å². The summed E-state index contributed by atoms with van der Waals surface area (Å²) in [5.41, 5.74) is 1.47. The van der Waals surface area contributed by atoms with E-state index in [1.807, 2.05) is 6.92 Å². The zero-order valence-corrected chi connectivity index (χ0v) is 11.1. The first kappa shape index (κ1) is 13.0. The summed E-state index contributed by atoms with van der Waals surface area (Å²) in [7, 11) is 1.76. The van der Waals surface area contributed by atoms with Gasteiger partial charge in [-0.05, 0) is 6.42 Å². The molecule has 1 aliphatic rings. The molecule has 0 bridgehead atoms. The predicted octanol–water partition coefficient (Wildman–Crippen LogP) is 0.0943. The summed E-state index contributed by atoms with van der Waals surface area (Å²) in [6, 6.07) is 0. The van der Waals surface area contributed by atoms with E-state index in [9.17, 15) is 9.59 Å². The molecule has 2 heterocycles. The highest BCUT2D eigenvalue weighted by Crippen LogP contribution is 2.22. The molecule has 1 N–H and O–H groups in total. The fourth-order valence-corrected chi connectivity index (χ4v) is 2.28. The maximum Gasteiger partial charge on any atom is 0.243 e. The van der Waals surface area contributed by atoms with Gasteiger partial charge < -0.3 is 0 Å². The Labute approximate surface area is 110 Å². The number of halogens is 1. The number of piperazine rings is 1. The number of aromatic nitrogens is 2. The van der Waals surface area contributed by atoms with Crippen molar-refractivity contribution in [2.24, 2.45) is 7.05 Å². The van der Waals surface area contributed by atoms with E-state index in [1.54, 1.807) is 11.7 Å². The normalized spacial score (nSPS) is 16.5. The number of aryl methyl sites for hydroxylation is 2. The fraction of sp³-hybridized carbons (Fsp3) is 0.545. The number of nitrogens with zero attached hydrogens (tertiary/aromatic N) is 3. The molecule has 1 saturated heterocycles. The number of imide groups is 1. The van der Waals surface area contributed by atoms with E-state index in [2.05, 4.69) is 10.4 Å². The zero-order chi connectivity index (χ0) is 13.3. The zero-order valence-electron chi connectivity index (χ0n) is 10.4. The van der Waals surface area contributed by atoms with Crippen molar-refractivity contribution < 1.29 is 9.59 Å². The monoisotopic (exact) mass is 270 g/mol. The summed E-state index contributed by atoms with van der Waals surface area (Å²) in [5.74, 6) is -0.469. The van der Waals surface area contributed by atoms with Gasteiger partial charge in [0.1, 0.15) is 0 Å². The number of hydrogen-bond acceptors (Lipinski definition) is 4. The van der Waals surface area contributed by atoms with Crippen LogP contribution in [0.3, 0.4) is 0 Å². The van der Waals surface area contributed by atoms with Gasteiger partial charge in [0, 0.05) is 7.05 Å². The third-order valence-electron chi connectivity index (χ3n) is 2.97. The molecular weight excluding hydrogens is 256 g/mol. The molecule has 6 nitrogen and oxygen atoms in total. The summed E-state index contributed by atoms with van der Waals surface area (Å²) in [5, 5.41) is 7.55. The number of carbonyl (C=O) groups excluding carboxylic acids is 2. The summed E-state index contributed by atoms with van der Waals surface area (Å²) in [6.45, 7) is 2.50. The van der Waals surface area contributed by atoms with Gasteiger partial charge in [0.05, 0.1) is 36.0 Å². The second-order valence-corrected chi connectivity index (χ2v) is 4.54. The van der Waals surface area contributed by atoms with E-state index in [4.69, 9.17) is 11.6 Å². The van der Waals surface area contributed by atoms with Crippen LogP contribution in [0.25, 0.3) is 0 Å². The number of rotatable bonds is 3. The maximum absolute atomic E-state index is 11.7. The quantitative estimate of drug-likeness (QED) is 0.791. The number of nitrogens with one attached hydrogen (secondary N) is 1. The minimum absolute atomic E-state index is 0.182. The van der Waals surface area contributed by atoms with Crippen molar-refractivity contribution in [3.05, 3.63) is 16.4 Å². The van der Waals surface area contributed by atoms with Crippen LogP contribution < -0.4 is 5.32 Å². The van der Waals surface area contributed by atoms with Crippen molar-refractivity contribution in [2.45, 2.75) is 19.9 Å². The van der Waals surface area contributed by atoms with Crippen molar-refractivity contribution in [1.82, 2.24) is 20.0 Å². The second kappa shape index (κ2) is 5.07. The minimum Gasteiger partial charge on any atom is -0.300 e. The van der Waals surface area contributed by atoms with Crippen LogP contribution in [0.15, 0.2) is 0 Å². The fourth-order valence-electron chi connectivity index (χ4n) is 1.92. The SMILES string of the molecule is CCc1nn(C)c(CN2C(=O)CNCC2=O)c1Cl. The van der Waals surface area contributed by atoms with Crippen molar-refractivity contribution in [3.63, 3.8) is 0 Å². The smallest absolute Gasteiger partial charge is 0.243 e. The molecule has 0 aromatic carbocycles. The predicted molar refractivity (Wildman–Crippen MR) is 66.0 cm³/mol. The molecule has 1 aliphatic heterocycles.